The molecule has 10 heteroatoms. The van der Waals surface area contributed by atoms with Gasteiger partial charge in [-0.15, -0.1) is 0 Å². The van der Waals surface area contributed by atoms with Gasteiger partial charge in [-0.2, -0.15) is 13.2 Å². The van der Waals surface area contributed by atoms with Crippen molar-refractivity contribution < 1.29 is 22.8 Å². The van der Waals surface area contributed by atoms with Gasteiger partial charge >= 0.3 is 12.2 Å². The Hall–Kier alpha value is -2.49. The molecule has 1 aromatic rings. The molecular weight excluding hydrogens is 447 g/mol. The van der Waals surface area contributed by atoms with Gasteiger partial charge in [0.05, 0.1) is 5.56 Å². The van der Waals surface area contributed by atoms with Crippen LogP contribution in [0.3, 0.4) is 0 Å². The highest BCUT2D eigenvalue weighted by Crippen LogP contribution is 2.32. The third-order valence-corrected chi connectivity index (χ3v) is 6.83. The Bertz CT molecular complexity index is 853. The number of halogens is 3. The molecule has 2 saturated heterocycles. The summed E-state index contributed by atoms with van der Waals surface area (Å²) in [4.78, 5) is 30.8. The fourth-order valence-electron chi connectivity index (χ4n) is 4.67. The van der Waals surface area contributed by atoms with Crippen molar-refractivity contribution in [2.45, 2.75) is 56.8 Å². The predicted molar refractivity (Wildman–Crippen MR) is 124 cm³/mol. The molecule has 0 bridgehead atoms. The predicted octanol–water partition coefficient (Wildman–Crippen LogP) is 3.06. The van der Waals surface area contributed by atoms with Gasteiger partial charge < -0.3 is 20.4 Å². The molecule has 2 N–H and O–H groups in total. The Labute approximate surface area is 198 Å². The highest BCUT2D eigenvalue weighted by molar-refractivity contribution is 5.88. The van der Waals surface area contributed by atoms with Crippen molar-refractivity contribution >= 4 is 17.6 Å². The number of piperazine rings is 1. The van der Waals surface area contributed by atoms with Crippen LogP contribution in [0.25, 0.3) is 0 Å². The van der Waals surface area contributed by atoms with Crippen molar-refractivity contribution in [2.24, 2.45) is 0 Å². The molecule has 1 atom stereocenters. The van der Waals surface area contributed by atoms with Crippen molar-refractivity contribution in [1.29, 1.82) is 0 Å². The molecule has 1 aliphatic carbocycles. The molecular formula is C24H34F3N5O2. The zero-order valence-corrected chi connectivity index (χ0v) is 19.4. The van der Waals surface area contributed by atoms with Gasteiger partial charge in [0.2, 0.25) is 5.91 Å². The standard InChI is InChI=1S/C24H34F3N5O2/c25-24(26,27)18-5-3-6-20(17-18)31-15-13-30(14-16-31)11-2-1-10-28-23(34)32-12-4-7-21(32)22(33)29-19-8-9-19/h3,5-6,17,19,21H,1-2,4,7-16H2,(H,28,34)(H,29,33). The summed E-state index contributed by atoms with van der Waals surface area (Å²) in [5, 5.41) is 5.95. The Morgan fingerprint density at radius 1 is 1.00 bits per heavy atom. The molecule has 7 nitrogen and oxygen atoms in total. The number of amides is 3. The minimum Gasteiger partial charge on any atom is -0.369 e. The summed E-state index contributed by atoms with van der Waals surface area (Å²) < 4.78 is 38.9. The highest BCUT2D eigenvalue weighted by Gasteiger charge is 2.36. The normalized spacial score (nSPS) is 21.6. The average molecular weight is 482 g/mol. The number of likely N-dealkylation sites (tertiary alicyclic amines) is 1. The molecule has 2 heterocycles. The number of carbonyl (C=O) groups is 2. The van der Waals surface area contributed by atoms with Gasteiger partial charge in [-0.05, 0) is 63.3 Å². The van der Waals surface area contributed by atoms with Crippen LogP contribution in [-0.2, 0) is 11.0 Å². The molecule has 0 radical (unpaired) electrons. The Balaban J connectivity index is 1.11. The maximum absolute atomic E-state index is 13.0. The van der Waals surface area contributed by atoms with E-state index in [0.717, 1.165) is 64.2 Å². The summed E-state index contributed by atoms with van der Waals surface area (Å²) in [6, 6.07) is 5.29. The zero-order chi connectivity index (χ0) is 24.1. The lowest BCUT2D eigenvalue weighted by Gasteiger charge is -2.36. The number of hydrogen-bond acceptors (Lipinski definition) is 4. The molecule has 1 saturated carbocycles. The van der Waals surface area contributed by atoms with Gasteiger partial charge in [-0.3, -0.25) is 9.69 Å². The molecule has 2 aliphatic heterocycles. The minimum absolute atomic E-state index is 0.0283. The second-order valence-corrected chi connectivity index (χ2v) is 9.45. The number of nitrogens with one attached hydrogen (secondary N) is 2. The number of urea groups is 1. The first kappa shape index (κ1) is 24.6. The van der Waals surface area contributed by atoms with E-state index in [-0.39, 0.29) is 18.0 Å². The Morgan fingerprint density at radius 2 is 1.76 bits per heavy atom. The molecule has 3 fully saturated rings. The van der Waals surface area contributed by atoms with E-state index in [1.807, 2.05) is 4.90 Å². The molecule has 1 unspecified atom stereocenters. The van der Waals surface area contributed by atoms with Crippen molar-refractivity contribution in [3.05, 3.63) is 29.8 Å². The van der Waals surface area contributed by atoms with E-state index in [1.54, 1.807) is 11.0 Å². The lowest BCUT2D eigenvalue weighted by Crippen LogP contribution is -2.50. The molecule has 3 aliphatic rings. The zero-order valence-electron chi connectivity index (χ0n) is 19.4. The van der Waals surface area contributed by atoms with Gasteiger partial charge in [0, 0.05) is 51.0 Å². The summed E-state index contributed by atoms with van der Waals surface area (Å²) in [6.45, 7) is 5.06. The van der Waals surface area contributed by atoms with Crippen molar-refractivity contribution in [2.75, 3.05) is 50.7 Å². The van der Waals surface area contributed by atoms with Crippen LogP contribution in [0.1, 0.15) is 44.1 Å². The first-order valence-electron chi connectivity index (χ1n) is 12.3. The van der Waals surface area contributed by atoms with Gasteiger partial charge in [0.1, 0.15) is 6.04 Å². The van der Waals surface area contributed by atoms with Crippen molar-refractivity contribution in [3.8, 4) is 0 Å². The summed E-state index contributed by atoms with van der Waals surface area (Å²) >= 11 is 0. The SMILES string of the molecule is O=C(NC1CC1)C1CCCN1C(=O)NCCCCN1CCN(c2cccc(C(F)(F)F)c2)CC1. The van der Waals surface area contributed by atoms with Crippen LogP contribution in [0.15, 0.2) is 24.3 Å². The largest absolute Gasteiger partial charge is 0.416 e. The Morgan fingerprint density at radius 3 is 2.47 bits per heavy atom. The molecule has 4 rings (SSSR count). The van der Waals surface area contributed by atoms with Crippen LogP contribution in [0.4, 0.5) is 23.7 Å². The van der Waals surface area contributed by atoms with Gasteiger partial charge in [-0.25, -0.2) is 4.79 Å². The van der Waals surface area contributed by atoms with Gasteiger partial charge in [-0.1, -0.05) is 6.07 Å². The number of alkyl halides is 3. The Kier molecular flexibility index (Phi) is 7.85. The van der Waals surface area contributed by atoms with Crippen LogP contribution in [0, 0.1) is 0 Å². The molecule has 0 aromatic heterocycles. The summed E-state index contributed by atoms with van der Waals surface area (Å²) in [5.41, 5.74) is 0.00138. The minimum atomic E-state index is -4.33. The third-order valence-electron chi connectivity index (χ3n) is 6.83. The highest BCUT2D eigenvalue weighted by atomic mass is 19.4. The average Bonchev–Trinajstić information content (AvgIpc) is 3.49. The van der Waals surface area contributed by atoms with Crippen molar-refractivity contribution in [3.63, 3.8) is 0 Å². The maximum Gasteiger partial charge on any atom is 0.416 e. The van der Waals surface area contributed by atoms with E-state index in [4.69, 9.17) is 0 Å². The van der Waals surface area contributed by atoms with Crippen molar-refractivity contribution in [1.82, 2.24) is 20.4 Å². The second-order valence-electron chi connectivity index (χ2n) is 9.45. The monoisotopic (exact) mass is 481 g/mol. The van der Waals surface area contributed by atoms with E-state index in [1.165, 1.54) is 12.1 Å². The molecule has 3 amide bonds. The lowest BCUT2D eigenvalue weighted by atomic mass is 10.1. The first-order chi connectivity index (χ1) is 16.3. The van der Waals surface area contributed by atoms with Crippen LogP contribution in [-0.4, -0.2) is 79.6 Å². The van der Waals surface area contributed by atoms with Crippen LogP contribution < -0.4 is 15.5 Å². The number of anilines is 1. The maximum atomic E-state index is 13.0. The summed E-state index contributed by atoms with van der Waals surface area (Å²) in [7, 11) is 0. The van der Waals surface area contributed by atoms with E-state index in [2.05, 4.69) is 15.5 Å². The smallest absolute Gasteiger partial charge is 0.369 e. The fourth-order valence-corrected chi connectivity index (χ4v) is 4.67. The number of nitrogens with zero attached hydrogens (tertiary/aromatic N) is 3. The number of unbranched alkanes of at least 4 members (excludes halogenated alkanes) is 1. The topological polar surface area (TPSA) is 67.9 Å². The molecule has 1 aromatic carbocycles. The summed E-state index contributed by atoms with van der Waals surface area (Å²) in [6.07, 6.45) is 1.07. The van der Waals surface area contributed by atoms with Gasteiger partial charge in [0.25, 0.3) is 0 Å². The lowest BCUT2D eigenvalue weighted by molar-refractivity contribution is -0.137. The number of rotatable bonds is 8. The van der Waals surface area contributed by atoms with Gasteiger partial charge in [0.15, 0.2) is 0 Å². The summed E-state index contributed by atoms with van der Waals surface area (Å²) in [5.74, 6) is -0.0283. The number of benzene rings is 1. The molecule has 0 spiro atoms. The second kappa shape index (κ2) is 10.8. The first-order valence-corrected chi connectivity index (χ1v) is 12.3. The van der Waals surface area contributed by atoms with Crippen LogP contribution in [0.5, 0.6) is 0 Å². The van der Waals surface area contributed by atoms with Crippen LogP contribution in [0.2, 0.25) is 0 Å². The fraction of sp³-hybridized carbons (Fsp3) is 0.667. The van der Waals surface area contributed by atoms with E-state index < -0.39 is 11.7 Å². The van der Waals surface area contributed by atoms with E-state index >= 15 is 0 Å². The van der Waals surface area contributed by atoms with E-state index in [9.17, 15) is 22.8 Å². The number of carbonyl (C=O) groups excluding carboxylic acids is 2. The number of hydrogen-bond donors (Lipinski definition) is 2. The van der Waals surface area contributed by atoms with E-state index in [0.29, 0.717) is 37.9 Å². The quantitative estimate of drug-likeness (QED) is 0.560. The molecule has 34 heavy (non-hydrogen) atoms. The molecule has 188 valence electrons. The third kappa shape index (κ3) is 6.55. The van der Waals surface area contributed by atoms with Crippen LogP contribution >= 0.6 is 0 Å².